The number of aliphatic hydroxyl groups excluding tert-OH is 1. The van der Waals surface area contributed by atoms with Crippen molar-refractivity contribution in [3.8, 4) is 0 Å². The van der Waals surface area contributed by atoms with Crippen molar-refractivity contribution in [1.29, 1.82) is 0 Å². The molecule has 0 radical (unpaired) electrons. The zero-order valence-corrected chi connectivity index (χ0v) is 14.4. The van der Waals surface area contributed by atoms with E-state index in [4.69, 9.17) is 16.7 Å². The van der Waals surface area contributed by atoms with Crippen molar-refractivity contribution >= 4 is 17.3 Å². The summed E-state index contributed by atoms with van der Waals surface area (Å²) < 4.78 is 0. The van der Waals surface area contributed by atoms with E-state index in [0.29, 0.717) is 18.6 Å². The molecule has 0 aromatic heterocycles. The van der Waals surface area contributed by atoms with Gasteiger partial charge >= 0.3 is 0 Å². The first-order valence-corrected chi connectivity index (χ1v) is 8.95. The average Bonchev–Trinajstić information content (AvgIpc) is 2.54. The van der Waals surface area contributed by atoms with Gasteiger partial charge in [-0.1, -0.05) is 24.9 Å². The number of hydrogen-bond acceptors (Lipinski definition) is 3. The SMILES string of the molecule is CCCC(CCO)CNC1CCN(c2ccc(Cl)cc2)CC1. The summed E-state index contributed by atoms with van der Waals surface area (Å²) in [5.41, 5.74) is 1.27. The number of piperidine rings is 1. The van der Waals surface area contributed by atoms with E-state index in [0.717, 1.165) is 31.1 Å². The quantitative estimate of drug-likeness (QED) is 0.765. The Hall–Kier alpha value is -0.770. The first kappa shape index (κ1) is 17.6. The Labute approximate surface area is 139 Å². The van der Waals surface area contributed by atoms with Gasteiger partial charge in [-0.3, -0.25) is 0 Å². The van der Waals surface area contributed by atoms with E-state index in [-0.39, 0.29) is 0 Å². The first-order chi connectivity index (χ1) is 10.7. The minimum absolute atomic E-state index is 0.307. The lowest BCUT2D eigenvalue weighted by atomic mass is 9.98. The number of halogens is 1. The zero-order valence-electron chi connectivity index (χ0n) is 13.6. The molecule has 1 heterocycles. The summed E-state index contributed by atoms with van der Waals surface area (Å²) in [6, 6.07) is 8.75. The molecule has 3 nitrogen and oxygen atoms in total. The molecular weight excluding hydrogens is 296 g/mol. The van der Waals surface area contributed by atoms with E-state index < -0.39 is 0 Å². The topological polar surface area (TPSA) is 35.5 Å². The summed E-state index contributed by atoms with van der Waals surface area (Å²) in [5, 5.41) is 13.6. The van der Waals surface area contributed by atoms with Gasteiger partial charge in [-0.15, -0.1) is 0 Å². The Morgan fingerprint density at radius 2 is 1.91 bits per heavy atom. The van der Waals surface area contributed by atoms with E-state index in [1.54, 1.807) is 0 Å². The fraction of sp³-hybridized carbons (Fsp3) is 0.667. The van der Waals surface area contributed by atoms with Gasteiger partial charge in [0, 0.05) is 36.4 Å². The maximum Gasteiger partial charge on any atom is 0.0434 e. The fourth-order valence-electron chi connectivity index (χ4n) is 3.27. The van der Waals surface area contributed by atoms with E-state index in [9.17, 15) is 0 Å². The lowest BCUT2D eigenvalue weighted by molar-refractivity contribution is 0.242. The summed E-state index contributed by atoms with van der Waals surface area (Å²) in [4.78, 5) is 2.44. The number of rotatable bonds is 8. The van der Waals surface area contributed by atoms with Crippen LogP contribution in [0.15, 0.2) is 24.3 Å². The Morgan fingerprint density at radius 1 is 1.23 bits per heavy atom. The molecule has 1 aliphatic rings. The van der Waals surface area contributed by atoms with Gasteiger partial charge in [0.2, 0.25) is 0 Å². The van der Waals surface area contributed by atoms with Crippen molar-refractivity contribution in [1.82, 2.24) is 5.32 Å². The minimum atomic E-state index is 0.307. The van der Waals surface area contributed by atoms with Gasteiger partial charge in [-0.2, -0.15) is 0 Å². The predicted molar refractivity (Wildman–Crippen MR) is 94.8 cm³/mol. The van der Waals surface area contributed by atoms with E-state index in [2.05, 4.69) is 29.3 Å². The number of anilines is 1. The Balaban J connectivity index is 1.73. The molecule has 2 N–H and O–H groups in total. The number of aliphatic hydroxyl groups is 1. The van der Waals surface area contributed by atoms with Crippen molar-refractivity contribution in [2.24, 2.45) is 5.92 Å². The van der Waals surface area contributed by atoms with Gasteiger partial charge in [0.05, 0.1) is 0 Å². The van der Waals surface area contributed by atoms with Crippen LogP contribution < -0.4 is 10.2 Å². The van der Waals surface area contributed by atoms with Crippen molar-refractivity contribution < 1.29 is 5.11 Å². The zero-order chi connectivity index (χ0) is 15.8. The number of nitrogens with zero attached hydrogens (tertiary/aromatic N) is 1. The molecule has 1 saturated heterocycles. The molecule has 0 bridgehead atoms. The lowest BCUT2D eigenvalue weighted by Gasteiger charge is -2.34. The lowest BCUT2D eigenvalue weighted by Crippen LogP contribution is -2.44. The van der Waals surface area contributed by atoms with E-state index in [1.165, 1.54) is 31.4 Å². The van der Waals surface area contributed by atoms with Crippen LogP contribution >= 0.6 is 11.6 Å². The third kappa shape index (κ3) is 5.45. The predicted octanol–water partition coefficient (Wildman–Crippen LogP) is 3.70. The summed E-state index contributed by atoms with van der Waals surface area (Å²) >= 11 is 5.95. The second-order valence-corrected chi connectivity index (χ2v) is 6.75. The van der Waals surface area contributed by atoms with Crippen LogP contribution in [0.3, 0.4) is 0 Å². The van der Waals surface area contributed by atoms with Gasteiger partial charge in [-0.25, -0.2) is 0 Å². The van der Waals surface area contributed by atoms with Crippen LogP contribution in [0.4, 0.5) is 5.69 Å². The molecule has 0 amide bonds. The van der Waals surface area contributed by atoms with Gasteiger partial charge in [-0.05, 0) is 62.4 Å². The van der Waals surface area contributed by atoms with Gasteiger partial charge in [0.25, 0.3) is 0 Å². The number of hydrogen-bond donors (Lipinski definition) is 2. The van der Waals surface area contributed by atoms with Crippen molar-refractivity contribution in [2.45, 2.75) is 45.1 Å². The van der Waals surface area contributed by atoms with Crippen LogP contribution in [-0.4, -0.2) is 37.4 Å². The molecule has 1 atom stereocenters. The molecule has 1 fully saturated rings. The smallest absolute Gasteiger partial charge is 0.0434 e. The molecule has 1 aromatic rings. The molecule has 0 saturated carbocycles. The summed E-state index contributed by atoms with van der Waals surface area (Å²) in [6.07, 6.45) is 5.68. The number of nitrogens with one attached hydrogen (secondary N) is 1. The fourth-order valence-corrected chi connectivity index (χ4v) is 3.39. The second kappa shape index (κ2) is 9.39. The van der Waals surface area contributed by atoms with Crippen molar-refractivity contribution in [2.75, 3.05) is 31.1 Å². The molecule has 0 aliphatic carbocycles. The van der Waals surface area contributed by atoms with E-state index in [1.807, 2.05) is 12.1 Å². The Morgan fingerprint density at radius 3 is 2.50 bits per heavy atom. The minimum Gasteiger partial charge on any atom is -0.396 e. The summed E-state index contributed by atoms with van der Waals surface area (Å²) in [5.74, 6) is 0.615. The molecular formula is C18H29ClN2O. The maximum atomic E-state index is 9.14. The first-order valence-electron chi connectivity index (χ1n) is 8.57. The van der Waals surface area contributed by atoms with Crippen molar-refractivity contribution in [3.05, 3.63) is 29.3 Å². The van der Waals surface area contributed by atoms with Crippen LogP contribution in [0.2, 0.25) is 5.02 Å². The largest absolute Gasteiger partial charge is 0.396 e. The van der Waals surface area contributed by atoms with Gasteiger partial charge < -0.3 is 15.3 Å². The summed E-state index contributed by atoms with van der Waals surface area (Å²) in [6.45, 7) is 5.76. The second-order valence-electron chi connectivity index (χ2n) is 6.31. The van der Waals surface area contributed by atoms with Crippen LogP contribution in [0.1, 0.15) is 39.0 Å². The van der Waals surface area contributed by atoms with Crippen LogP contribution in [0.25, 0.3) is 0 Å². The van der Waals surface area contributed by atoms with Crippen molar-refractivity contribution in [3.63, 3.8) is 0 Å². The van der Waals surface area contributed by atoms with E-state index >= 15 is 0 Å². The highest BCUT2D eigenvalue weighted by molar-refractivity contribution is 6.30. The summed E-state index contributed by atoms with van der Waals surface area (Å²) in [7, 11) is 0. The molecule has 1 aliphatic heterocycles. The molecule has 1 aromatic carbocycles. The highest BCUT2D eigenvalue weighted by Gasteiger charge is 2.20. The van der Waals surface area contributed by atoms with Gasteiger partial charge in [0.1, 0.15) is 0 Å². The standard InChI is InChI=1S/C18H29ClN2O/c1-2-3-15(10-13-22)14-20-17-8-11-21(12-9-17)18-6-4-16(19)5-7-18/h4-7,15,17,20,22H,2-3,8-14H2,1H3. The Kier molecular flexibility index (Phi) is 7.50. The molecule has 22 heavy (non-hydrogen) atoms. The molecule has 4 heteroatoms. The van der Waals surface area contributed by atoms with Crippen LogP contribution in [0.5, 0.6) is 0 Å². The normalized spacial score (nSPS) is 17.7. The van der Waals surface area contributed by atoms with Crippen LogP contribution in [-0.2, 0) is 0 Å². The molecule has 0 spiro atoms. The highest BCUT2D eigenvalue weighted by Crippen LogP contribution is 2.22. The molecule has 1 unspecified atom stereocenters. The average molecular weight is 325 g/mol. The molecule has 2 rings (SSSR count). The Bertz CT molecular complexity index is 410. The number of benzene rings is 1. The van der Waals surface area contributed by atoms with Crippen LogP contribution in [0, 0.1) is 5.92 Å². The maximum absolute atomic E-state index is 9.14. The monoisotopic (exact) mass is 324 g/mol. The third-order valence-electron chi connectivity index (χ3n) is 4.62. The highest BCUT2D eigenvalue weighted by atomic mass is 35.5. The third-order valence-corrected chi connectivity index (χ3v) is 4.87. The van der Waals surface area contributed by atoms with Gasteiger partial charge in [0.15, 0.2) is 0 Å². The molecule has 124 valence electrons.